The van der Waals surface area contributed by atoms with Gasteiger partial charge in [-0.2, -0.15) is 0 Å². The van der Waals surface area contributed by atoms with Crippen LogP contribution >= 0.6 is 12.2 Å². The summed E-state index contributed by atoms with van der Waals surface area (Å²) in [7, 11) is -3.31. The van der Waals surface area contributed by atoms with E-state index < -0.39 is 9.84 Å². The van der Waals surface area contributed by atoms with Crippen LogP contribution in [0.3, 0.4) is 0 Å². The Morgan fingerprint density at radius 3 is 2.42 bits per heavy atom. The van der Waals surface area contributed by atoms with Crippen molar-refractivity contribution in [3.8, 4) is 16.9 Å². The maximum absolute atomic E-state index is 13.1. The molecule has 0 fully saturated rings. The lowest BCUT2D eigenvalue weighted by Gasteiger charge is -2.20. The van der Waals surface area contributed by atoms with Crippen molar-refractivity contribution in [3.05, 3.63) is 76.6 Å². The first kappa shape index (κ1) is 21.4. The number of aromatic nitrogens is 2. The van der Waals surface area contributed by atoms with Crippen molar-refractivity contribution in [1.82, 2.24) is 14.9 Å². The summed E-state index contributed by atoms with van der Waals surface area (Å²) in [5.74, 6) is 0.585. The van der Waals surface area contributed by atoms with E-state index in [2.05, 4.69) is 9.97 Å². The van der Waals surface area contributed by atoms with Crippen molar-refractivity contribution in [2.24, 2.45) is 0 Å². The zero-order valence-electron chi connectivity index (χ0n) is 17.8. The average Bonchev–Trinajstić information content (AvgIpc) is 3.03. The highest BCUT2D eigenvalue weighted by Crippen LogP contribution is 2.31. The molecule has 1 amide bonds. The minimum Gasteiger partial charge on any atom is -0.491 e. The third-order valence-electron chi connectivity index (χ3n) is 5.71. The number of nitrogens with one attached hydrogen (secondary N) is 2. The minimum atomic E-state index is -3.31. The zero-order chi connectivity index (χ0) is 23.2. The van der Waals surface area contributed by atoms with E-state index >= 15 is 0 Å². The number of amides is 1. The summed E-state index contributed by atoms with van der Waals surface area (Å²) in [6, 6.07) is 18.0. The van der Waals surface area contributed by atoms with E-state index in [1.165, 1.54) is 12.1 Å². The highest BCUT2D eigenvalue weighted by Gasteiger charge is 2.22. The Balaban J connectivity index is 1.43. The van der Waals surface area contributed by atoms with Crippen LogP contribution in [0.1, 0.15) is 15.9 Å². The first-order valence-corrected chi connectivity index (χ1v) is 12.7. The van der Waals surface area contributed by atoms with Crippen LogP contribution in [-0.2, 0) is 16.4 Å². The van der Waals surface area contributed by atoms with Crippen LogP contribution in [0.15, 0.2) is 65.6 Å². The number of hydrogen-bond acceptors (Lipinski definition) is 5. The second-order valence-electron chi connectivity index (χ2n) is 8.03. The van der Waals surface area contributed by atoms with E-state index in [-0.39, 0.29) is 10.8 Å². The highest BCUT2D eigenvalue weighted by molar-refractivity contribution is 7.90. The lowest BCUT2D eigenvalue weighted by molar-refractivity contribution is 0.0733. The van der Waals surface area contributed by atoms with E-state index in [0.29, 0.717) is 30.0 Å². The topological polar surface area (TPSA) is 95.3 Å². The van der Waals surface area contributed by atoms with Gasteiger partial charge in [-0.25, -0.2) is 8.42 Å². The van der Waals surface area contributed by atoms with Crippen molar-refractivity contribution in [1.29, 1.82) is 0 Å². The Hall–Kier alpha value is -3.43. The molecule has 0 radical (unpaired) electrons. The van der Waals surface area contributed by atoms with E-state index in [0.717, 1.165) is 39.7 Å². The van der Waals surface area contributed by atoms with Gasteiger partial charge in [-0.3, -0.25) is 4.79 Å². The molecule has 4 aromatic rings. The number of sulfone groups is 1. The molecule has 9 heteroatoms. The maximum Gasteiger partial charge on any atom is 0.254 e. The van der Waals surface area contributed by atoms with Gasteiger partial charge >= 0.3 is 0 Å². The molecule has 0 saturated carbocycles. The third-order valence-corrected chi connectivity index (χ3v) is 7.04. The first-order valence-electron chi connectivity index (χ1n) is 10.4. The van der Waals surface area contributed by atoms with Gasteiger partial charge < -0.3 is 19.6 Å². The Morgan fingerprint density at radius 2 is 1.67 bits per heavy atom. The van der Waals surface area contributed by atoms with E-state index in [4.69, 9.17) is 17.0 Å². The minimum absolute atomic E-state index is 0.168. The molecule has 2 heterocycles. The smallest absolute Gasteiger partial charge is 0.254 e. The third kappa shape index (κ3) is 4.29. The molecule has 5 rings (SSSR count). The van der Waals surface area contributed by atoms with Crippen LogP contribution in [0.25, 0.3) is 22.2 Å². The van der Waals surface area contributed by atoms with Gasteiger partial charge in [0.25, 0.3) is 5.91 Å². The predicted molar refractivity (Wildman–Crippen MR) is 129 cm³/mol. The van der Waals surface area contributed by atoms with Crippen molar-refractivity contribution in [2.75, 3.05) is 19.4 Å². The van der Waals surface area contributed by atoms with Gasteiger partial charge in [-0.1, -0.05) is 12.1 Å². The molecular formula is C24H21N3O4S2. The van der Waals surface area contributed by atoms with Crippen LogP contribution in [-0.4, -0.2) is 48.6 Å². The lowest BCUT2D eigenvalue weighted by Crippen LogP contribution is -2.32. The fraction of sp³-hybridized carbons (Fsp3) is 0.167. The molecule has 3 aromatic carbocycles. The quantitative estimate of drug-likeness (QED) is 0.427. The Kier molecular flexibility index (Phi) is 5.30. The molecule has 7 nitrogen and oxygen atoms in total. The Morgan fingerprint density at radius 1 is 0.970 bits per heavy atom. The Bertz CT molecular complexity index is 1540. The van der Waals surface area contributed by atoms with Gasteiger partial charge in [-0.05, 0) is 71.9 Å². The molecule has 1 aliphatic heterocycles. The van der Waals surface area contributed by atoms with Crippen LogP contribution in [0.2, 0.25) is 0 Å². The molecule has 0 unspecified atom stereocenters. The van der Waals surface area contributed by atoms with Gasteiger partial charge in [0, 0.05) is 23.9 Å². The van der Waals surface area contributed by atoms with E-state index in [9.17, 15) is 13.2 Å². The fourth-order valence-corrected chi connectivity index (χ4v) is 4.84. The van der Waals surface area contributed by atoms with Crippen LogP contribution in [0.4, 0.5) is 0 Å². The summed E-state index contributed by atoms with van der Waals surface area (Å²) in [4.78, 5) is 21.3. The number of H-pyrrole nitrogens is 2. The number of nitrogens with zero attached hydrogens (tertiary/aromatic N) is 1. The van der Waals surface area contributed by atoms with Crippen molar-refractivity contribution in [3.63, 3.8) is 0 Å². The predicted octanol–water partition coefficient (Wildman–Crippen LogP) is 4.33. The van der Waals surface area contributed by atoms with Gasteiger partial charge in [0.2, 0.25) is 0 Å². The van der Waals surface area contributed by atoms with Gasteiger partial charge in [-0.15, -0.1) is 0 Å². The first-order chi connectivity index (χ1) is 15.8. The van der Waals surface area contributed by atoms with Crippen LogP contribution in [0, 0.1) is 4.77 Å². The Labute approximate surface area is 195 Å². The average molecular weight is 480 g/mol. The molecule has 0 spiro atoms. The van der Waals surface area contributed by atoms with Crippen molar-refractivity contribution < 1.29 is 17.9 Å². The summed E-state index contributed by atoms with van der Waals surface area (Å²) >= 11 is 5.18. The number of carbonyl (C=O) groups is 1. The SMILES string of the molecule is CS(=O)(=O)c1ccc(C(=O)N2CCOc3ccc(-c4ccc5[nH]c(=S)[nH]c5c4)cc3C2)cc1. The molecule has 1 aromatic heterocycles. The highest BCUT2D eigenvalue weighted by atomic mass is 32.2. The summed E-state index contributed by atoms with van der Waals surface area (Å²) in [5, 5.41) is 0. The van der Waals surface area contributed by atoms with E-state index in [1.54, 1.807) is 17.0 Å². The summed E-state index contributed by atoms with van der Waals surface area (Å²) in [5.41, 5.74) is 5.25. The number of imidazole rings is 1. The van der Waals surface area contributed by atoms with Gasteiger partial charge in [0.05, 0.1) is 22.5 Å². The van der Waals surface area contributed by atoms with Crippen molar-refractivity contribution in [2.45, 2.75) is 11.4 Å². The fourth-order valence-electron chi connectivity index (χ4n) is 3.99. The molecule has 1 aliphatic rings. The van der Waals surface area contributed by atoms with Crippen LogP contribution < -0.4 is 4.74 Å². The number of ether oxygens (including phenoxy) is 1. The summed E-state index contributed by atoms with van der Waals surface area (Å²) in [6.07, 6.45) is 1.15. The molecular weight excluding hydrogens is 458 g/mol. The van der Waals surface area contributed by atoms with E-state index in [1.807, 2.05) is 36.4 Å². The number of hydrogen-bond donors (Lipinski definition) is 2. The number of rotatable bonds is 3. The molecule has 2 N–H and O–H groups in total. The molecule has 0 bridgehead atoms. The largest absolute Gasteiger partial charge is 0.491 e. The standard InChI is InChI=1S/C24H21N3O4S2/c1-33(29,30)19-6-2-15(3-7-19)23(28)27-10-11-31-22-9-5-16(12-18(22)14-27)17-4-8-20-21(13-17)26-24(32)25-20/h2-9,12-13H,10-11,14H2,1H3,(H2,25,26,32). The van der Waals surface area contributed by atoms with Gasteiger partial charge in [0.1, 0.15) is 12.4 Å². The molecule has 0 saturated heterocycles. The zero-order valence-corrected chi connectivity index (χ0v) is 19.4. The lowest BCUT2D eigenvalue weighted by atomic mass is 10.0. The second-order valence-corrected chi connectivity index (χ2v) is 10.5. The number of benzene rings is 3. The molecule has 0 atom stereocenters. The molecule has 168 valence electrons. The molecule has 33 heavy (non-hydrogen) atoms. The normalized spacial score (nSPS) is 13.9. The number of carbonyl (C=O) groups excluding carboxylic acids is 1. The second kappa shape index (κ2) is 8.17. The number of fused-ring (bicyclic) bond motifs is 2. The summed E-state index contributed by atoms with van der Waals surface area (Å²) < 4.78 is 29.9. The molecule has 0 aliphatic carbocycles. The summed E-state index contributed by atoms with van der Waals surface area (Å²) in [6.45, 7) is 1.21. The maximum atomic E-state index is 13.1. The number of aromatic amines is 2. The monoisotopic (exact) mass is 479 g/mol. The van der Waals surface area contributed by atoms with Gasteiger partial charge in [0.15, 0.2) is 14.6 Å². The van der Waals surface area contributed by atoms with Crippen molar-refractivity contribution >= 4 is 39.0 Å². The van der Waals surface area contributed by atoms with Crippen LogP contribution in [0.5, 0.6) is 5.75 Å².